The Hall–Kier alpha value is -3.14. The summed E-state index contributed by atoms with van der Waals surface area (Å²) in [4.78, 5) is 10.6. The highest BCUT2D eigenvalue weighted by atomic mass is 19.4. The van der Waals surface area contributed by atoms with Gasteiger partial charge in [-0.05, 0) is 12.1 Å². The summed E-state index contributed by atoms with van der Waals surface area (Å²) in [5.41, 5.74) is 1.23. The summed E-state index contributed by atoms with van der Waals surface area (Å²) in [6.07, 6.45) is -2.22. The minimum Gasteiger partial charge on any atom is -0.483 e. The lowest BCUT2D eigenvalue weighted by atomic mass is 9.98. The van der Waals surface area contributed by atoms with Crippen LogP contribution >= 0.6 is 0 Å². The molecule has 0 spiro atoms. The van der Waals surface area contributed by atoms with Crippen molar-refractivity contribution in [1.82, 2.24) is 15.0 Å². The minimum absolute atomic E-state index is 0.137. The van der Waals surface area contributed by atoms with Gasteiger partial charge in [0.15, 0.2) is 6.61 Å². The van der Waals surface area contributed by atoms with E-state index in [0.29, 0.717) is 30.3 Å². The Labute approximate surface area is 182 Å². The van der Waals surface area contributed by atoms with Crippen LogP contribution in [0, 0.1) is 5.92 Å². The van der Waals surface area contributed by atoms with Crippen molar-refractivity contribution in [3.63, 3.8) is 0 Å². The van der Waals surface area contributed by atoms with Crippen LogP contribution in [0.3, 0.4) is 0 Å². The maximum atomic E-state index is 13.2. The highest BCUT2D eigenvalue weighted by Crippen LogP contribution is 2.36. The summed E-state index contributed by atoms with van der Waals surface area (Å²) in [7, 11) is 1.70. The maximum absolute atomic E-state index is 13.2. The molecule has 2 aromatic heterocycles. The molecule has 0 radical (unpaired) electrons. The van der Waals surface area contributed by atoms with Crippen LogP contribution in [0.2, 0.25) is 0 Å². The van der Waals surface area contributed by atoms with Gasteiger partial charge < -0.3 is 19.8 Å². The molecule has 4 heterocycles. The lowest BCUT2D eigenvalue weighted by Gasteiger charge is -2.27. The number of nitrogens with one attached hydrogen (secondary N) is 2. The van der Waals surface area contributed by atoms with Gasteiger partial charge in [-0.2, -0.15) is 13.2 Å². The van der Waals surface area contributed by atoms with Crippen molar-refractivity contribution < 1.29 is 27.2 Å². The first-order chi connectivity index (χ1) is 15.4. The van der Waals surface area contributed by atoms with Crippen molar-refractivity contribution in [3.8, 4) is 5.75 Å². The molecule has 0 saturated carbocycles. The number of nitrogens with zero attached hydrogens (tertiary/aromatic N) is 3. The smallest absolute Gasteiger partial charge is 0.431 e. The zero-order valence-electron chi connectivity index (χ0n) is 17.4. The Morgan fingerprint density at radius 1 is 1.28 bits per heavy atom. The first-order valence-corrected chi connectivity index (χ1v) is 10.4. The van der Waals surface area contributed by atoms with Crippen LogP contribution in [0.1, 0.15) is 23.7 Å². The molecule has 1 fully saturated rings. The Bertz CT molecular complexity index is 1170. The Balaban J connectivity index is 1.56. The Morgan fingerprint density at radius 3 is 2.94 bits per heavy atom. The molecule has 10 heteroatoms. The molecule has 32 heavy (non-hydrogen) atoms. The van der Waals surface area contributed by atoms with E-state index < -0.39 is 11.9 Å². The molecule has 5 rings (SSSR count). The molecule has 1 aromatic carbocycles. The number of fused-ring (bicyclic) bond motifs is 2. The van der Waals surface area contributed by atoms with Crippen molar-refractivity contribution >= 4 is 22.6 Å². The molecule has 168 valence electrons. The van der Waals surface area contributed by atoms with Gasteiger partial charge in [0.2, 0.25) is 5.71 Å². The average Bonchev–Trinajstić information content (AvgIpc) is 3.42. The van der Waals surface area contributed by atoms with Crippen LogP contribution in [-0.4, -0.2) is 58.7 Å². The van der Waals surface area contributed by atoms with E-state index in [1.807, 2.05) is 24.3 Å². The molecule has 7 nitrogen and oxygen atoms in total. The van der Waals surface area contributed by atoms with Gasteiger partial charge in [-0.15, -0.1) is 0 Å². The van der Waals surface area contributed by atoms with E-state index in [4.69, 9.17) is 9.47 Å². The molecule has 0 bridgehead atoms. The maximum Gasteiger partial charge on any atom is 0.431 e. The molecular weight excluding hydrogens is 423 g/mol. The van der Waals surface area contributed by atoms with Crippen LogP contribution in [0.25, 0.3) is 11.0 Å². The van der Waals surface area contributed by atoms with Crippen LogP contribution in [0.4, 0.5) is 19.0 Å². The number of hydrogen-bond acceptors (Lipinski definition) is 5. The number of aromatic nitrogens is 3. The summed E-state index contributed by atoms with van der Waals surface area (Å²) in [5, 5.41) is 3.68. The van der Waals surface area contributed by atoms with Gasteiger partial charge >= 0.3 is 6.18 Å². The first kappa shape index (κ1) is 20.7. The van der Waals surface area contributed by atoms with Crippen molar-refractivity contribution in [3.05, 3.63) is 47.9 Å². The molecule has 0 amide bonds. The van der Waals surface area contributed by atoms with Gasteiger partial charge in [-0.1, -0.05) is 18.2 Å². The fourth-order valence-corrected chi connectivity index (χ4v) is 4.51. The average molecular weight is 446 g/mol. The number of rotatable bonds is 4. The van der Waals surface area contributed by atoms with E-state index in [0.717, 1.165) is 42.6 Å². The van der Waals surface area contributed by atoms with Gasteiger partial charge in [0.05, 0.1) is 12.0 Å². The number of benzene rings is 1. The third-order valence-corrected chi connectivity index (χ3v) is 6.05. The molecule has 3 aromatic rings. The van der Waals surface area contributed by atoms with Crippen molar-refractivity contribution in [1.29, 1.82) is 0 Å². The lowest BCUT2D eigenvalue weighted by molar-refractivity contribution is -0.512. The number of para-hydroxylation sites is 1. The van der Waals surface area contributed by atoms with Crippen LogP contribution in [-0.2, 0) is 10.9 Å². The highest BCUT2D eigenvalue weighted by molar-refractivity contribution is 5.95. The first-order valence-electron chi connectivity index (χ1n) is 10.4. The largest absolute Gasteiger partial charge is 0.483 e. The van der Waals surface area contributed by atoms with Gasteiger partial charge in [0.1, 0.15) is 48.4 Å². The van der Waals surface area contributed by atoms with Crippen LogP contribution in [0.5, 0.6) is 5.75 Å². The second kappa shape index (κ2) is 8.09. The van der Waals surface area contributed by atoms with E-state index in [1.54, 1.807) is 7.11 Å². The summed E-state index contributed by atoms with van der Waals surface area (Å²) < 4.78 is 53.3. The molecule has 2 aliphatic heterocycles. The fraction of sp³-hybridized carbons (Fsp3) is 0.409. The predicted molar refractivity (Wildman–Crippen MR) is 112 cm³/mol. The van der Waals surface area contributed by atoms with Crippen LogP contribution in [0.15, 0.2) is 36.7 Å². The van der Waals surface area contributed by atoms with E-state index in [1.165, 1.54) is 6.33 Å². The minimum atomic E-state index is -4.49. The highest BCUT2D eigenvalue weighted by Gasteiger charge is 2.38. The normalized spacial score (nSPS) is 23.2. The van der Waals surface area contributed by atoms with Crippen LogP contribution < -0.4 is 10.1 Å². The summed E-state index contributed by atoms with van der Waals surface area (Å²) >= 11 is 0. The van der Waals surface area contributed by atoms with E-state index in [-0.39, 0.29) is 11.7 Å². The quantitative estimate of drug-likeness (QED) is 0.599. The molecular formula is C22H23F3N5O2+. The van der Waals surface area contributed by atoms with Crippen molar-refractivity contribution in [2.75, 3.05) is 38.7 Å². The summed E-state index contributed by atoms with van der Waals surface area (Å²) in [6, 6.07) is 8.44. The van der Waals surface area contributed by atoms with Gasteiger partial charge in [0, 0.05) is 25.0 Å². The van der Waals surface area contributed by atoms with E-state index in [9.17, 15) is 13.2 Å². The zero-order valence-corrected chi connectivity index (χ0v) is 17.4. The number of alkyl halides is 3. The predicted octanol–water partition coefficient (Wildman–Crippen LogP) is 3.64. The second-order valence-corrected chi connectivity index (χ2v) is 8.12. The number of ether oxygens (including phenoxy) is 2. The summed E-state index contributed by atoms with van der Waals surface area (Å²) in [6.45, 7) is 2.79. The SMILES string of the molecule is COC[C@@H]1CC[N+](=C2COc3ccccc3[C@@H]2Nc2ncnc3[nH]c(C(F)(F)F)cc23)C1. The number of H-pyrrole nitrogens is 1. The van der Waals surface area contributed by atoms with Gasteiger partial charge in [0.25, 0.3) is 0 Å². The Morgan fingerprint density at radius 2 is 2.12 bits per heavy atom. The third kappa shape index (κ3) is 3.79. The van der Waals surface area contributed by atoms with E-state index >= 15 is 0 Å². The third-order valence-electron chi connectivity index (χ3n) is 6.05. The van der Waals surface area contributed by atoms with Crippen molar-refractivity contribution in [2.24, 2.45) is 5.92 Å². The van der Waals surface area contributed by atoms with Crippen molar-refractivity contribution in [2.45, 2.75) is 18.6 Å². The molecule has 0 unspecified atom stereocenters. The molecule has 1 saturated heterocycles. The standard InChI is InChI=1S/C22H23F3N5O2/c1-31-10-13-6-7-30(9-13)16-11-32-17-5-3-2-4-14(17)19(16)29-21-15-8-18(22(23,24)25)28-20(15)26-12-27-21/h2-5,8,12-13,19H,6-7,9-11H2,1H3,(H2,26,27,28,29)/q+1/t13-,19+/m1/s1. The van der Waals surface area contributed by atoms with Gasteiger partial charge in [-0.25, -0.2) is 14.5 Å². The number of methoxy groups -OCH3 is 1. The number of aromatic amines is 1. The van der Waals surface area contributed by atoms with Gasteiger partial charge in [-0.3, -0.25) is 0 Å². The number of anilines is 1. The summed E-state index contributed by atoms with van der Waals surface area (Å²) in [5.74, 6) is 1.51. The second-order valence-electron chi connectivity index (χ2n) is 8.12. The lowest BCUT2D eigenvalue weighted by Crippen LogP contribution is -2.38. The topological polar surface area (TPSA) is 75.1 Å². The number of hydrogen-bond donors (Lipinski definition) is 2. The zero-order chi connectivity index (χ0) is 22.3. The molecule has 2 N–H and O–H groups in total. The number of halogens is 3. The fourth-order valence-electron chi connectivity index (χ4n) is 4.51. The molecule has 0 aliphatic carbocycles. The Kier molecular flexibility index (Phi) is 5.24. The monoisotopic (exact) mass is 446 g/mol. The molecule has 2 aliphatic rings. The molecule has 2 atom stereocenters. The van der Waals surface area contributed by atoms with E-state index in [2.05, 4.69) is 24.8 Å².